The van der Waals surface area contributed by atoms with Gasteiger partial charge in [-0.1, -0.05) is 18.2 Å². The Balaban J connectivity index is 1.62. The second kappa shape index (κ2) is 7.66. The average molecular weight is 334 g/mol. The normalized spacial score (nSPS) is 10.5. The molecule has 2 aromatic heterocycles. The fraction of sp³-hybridized carbons (Fsp3) is 0.200. The Labute approximate surface area is 147 Å². The summed E-state index contributed by atoms with van der Waals surface area (Å²) < 4.78 is 2.10. The summed E-state index contributed by atoms with van der Waals surface area (Å²) in [7, 11) is 3.88. The largest absolute Gasteiger partial charge is 0.362 e. The van der Waals surface area contributed by atoms with Crippen LogP contribution in [0.15, 0.2) is 67.1 Å². The molecule has 25 heavy (non-hydrogen) atoms. The maximum absolute atomic E-state index is 12.4. The number of rotatable bonds is 6. The van der Waals surface area contributed by atoms with Gasteiger partial charge in [-0.05, 0) is 35.9 Å². The van der Waals surface area contributed by atoms with Crippen molar-refractivity contribution in [1.82, 2.24) is 14.9 Å². The summed E-state index contributed by atoms with van der Waals surface area (Å²) in [4.78, 5) is 18.7. The molecule has 1 aromatic carbocycles. The molecule has 2 heterocycles. The van der Waals surface area contributed by atoms with Gasteiger partial charge >= 0.3 is 0 Å². The van der Waals surface area contributed by atoms with Crippen molar-refractivity contribution < 1.29 is 4.79 Å². The van der Waals surface area contributed by atoms with Crippen molar-refractivity contribution in [2.24, 2.45) is 0 Å². The lowest BCUT2D eigenvalue weighted by Gasteiger charge is -2.16. The van der Waals surface area contributed by atoms with E-state index >= 15 is 0 Å². The number of nitrogens with zero attached hydrogens (tertiary/aromatic N) is 3. The average Bonchev–Trinajstić information content (AvgIpc) is 3.13. The number of anilines is 1. The maximum Gasteiger partial charge on any atom is 0.251 e. The molecular formula is C20H22N4O. The van der Waals surface area contributed by atoms with Crippen LogP contribution in [0.2, 0.25) is 0 Å². The van der Waals surface area contributed by atoms with Crippen LogP contribution in [-0.2, 0) is 13.1 Å². The van der Waals surface area contributed by atoms with E-state index in [1.807, 2.05) is 79.9 Å². The molecule has 0 aliphatic heterocycles. The van der Waals surface area contributed by atoms with Crippen LogP contribution in [0.5, 0.6) is 0 Å². The van der Waals surface area contributed by atoms with Crippen LogP contribution in [0.1, 0.15) is 21.5 Å². The predicted molar refractivity (Wildman–Crippen MR) is 99.7 cm³/mol. The molecule has 1 amide bonds. The summed E-state index contributed by atoms with van der Waals surface area (Å²) in [6, 6.07) is 15.6. The predicted octanol–water partition coefficient (Wildman–Crippen LogP) is 2.93. The quantitative estimate of drug-likeness (QED) is 0.754. The summed E-state index contributed by atoms with van der Waals surface area (Å²) in [5.41, 5.74) is 2.81. The first-order chi connectivity index (χ1) is 12.1. The van der Waals surface area contributed by atoms with Crippen molar-refractivity contribution in [1.29, 1.82) is 0 Å². The van der Waals surface area contributed by atoms with Crippen molar-refractivity contribution in [3.05, 3.63) is 83.8 Å². The highest BCUT2D eigenvalue weighted by Crippen LogP contribution is 2.14. The second-order valence-corrected chi connectivity index (χ2v) is 6.12. The van der Waals surface area contributed by atoms with Crippen LogP contribution in [0, 0.1) is 0 Å². The first-order valence-electron chi connectivity index (χ1n) is 8.22. The standard InChI is InChI=1S/C20H22N4O/c1-23(2)19-18(6-5-11-21-19)14-22-20(25)17-9-7-16(8-10-17)15-24-12-3-4-13-24/h3-13H,14-15H2,1-2H3,(H,22,25). The molecule has 1 N–H and O–H groups in total. The van der Waals surface area contributed by atoms with E-state index < -0.39 is 0 Å². The fourth-order valence-corrected chi connectivity index (χ4v) is 2.70. The van der Waals surface area contributed by atoms with Gasteiger partial charge in [0.05, 0.1) is 0 Å². The van der Waals surface area contributed by atoms with Gasteiger partial charge in [0, 0.05) is 56.9 Å². The van der Waals surface area contributed by atoms with Crippen LogP contribution < -0.4 is 10.2 Å². The number of hydrogen-bond acceptors (Lipinski definition) is 3. The zero-order valence-electron chi connectivity index (χ0n) is 14.5. The first kappa shape index (κ1) is 16.8. The molecule has 128 valence electrons. The Morgan fingerprint density at radius 1 is 1.08 bits per heavy atom. The highest BCUT2D eigenvalue weighted by Gasteiger charge is 2.09. The Morgan fingerprint density at radius 3 is 2.48 bits per heavy atom. The van der Waals surface area contributed by atoms with Gasteiger partial charge in [0.2, 0.25) is 0 Å². The minimum absolute atomic E-state index is 0.0823. The Bertz CT molecular complexity index is 823. The van der Waals surface area contributed by atoms with Gasteiger partial charge < -0.3 is 14.8 Å². The minimum atomic E-state index is -0.0823. The van der Waals surface area contributed by atoms with Crippen LogP contribution in [-0.4, -0.2) is 29.6 Å². The lowest BCUT2D eigenvalue weighted by atomic mass is 10.1. The van der Waals surface area contributed by atoms with Gasteiger partial charge in [0.1, 0.15) is 5.82 Å². The van der Waals surface area contributed by atoms with E-state index in [1.54, 1.807) is 6.20 Å². The van der Waals surface area contributed by atoms with Gasteiger partial charge in [-0.15, -0.1) is 0 Å². The number of nitrogens with one attached hydrogen (secondary N) is 1. The molecule has 0 bridgehead atoms. The first-order valence-corrected chi connectivity index (χ1v) is 8.22. The van der Waals surface area contributed by atoms with Crippen LogP contribution in [0.25, 0.3) is 0 Å². The Kier molecular flexibility index (Phi) is 5.14. The lowest BCUT2D eigenvalue weighted by molar-refractivity contribution is 0.0951. The number of pyridine rings is 1. The monoisotopic (exact) mass is 334 g/mol. The number of hydrogen-bond donors (Lipinski definition) is 1. The van der Waals surface area contributed by atoms with Crippen molar-refractivity contribution in [3.8, 4) is 0 Å². The zero-order valence-corrected chi connectivity index (χ0v) is 14.5. The molecule has 0 atom stereocenters. The Hall–Kier alpha value is -3.08. The minimum Gasteiger partial charge on any atom is -0.362 e. The molecule has 3 aromatic rings. The summed E-state index contributed by atoms with van der Waals surface area (Å²) in [6.07, 6.45) is 5.80. The summed E-state index contributed by atoms with van der Waals surface area (Å²) in [6.45, 7) is 1.25. The molecule has 5 nitrogen and oxygen atoms in total. The van der Waals surface area contributed by atoms with Gasteiger partial charge in [-0.25, -0.2) is 4.98 Å². The highest BCUT2D eigenvalue weighted by atomic mass is 16.1. The summed E-state index contributed by atoms with van der Waals surface area (Å²) in [5.74, 6) is 0.783. The third-order valence-electron chi connectivity index (χ3n) is 3.98. The van der Waals surface area contributed by atoms with Gasteiger partial charge in [-0.3, -0.25) is 4.79 Å². The molecule has 0 saturated carbocycles. The zero-order chi connectivity index (χ0) is 17.6. The van der Waals surface area contributed by atoms with E-state index in [4.69, 9.17) is 0 Å². The van der Waals surface area contributed by atoms with E-state index in [0.29, 0.717) is 12.1 Å². The highest BCUT2D eigenvalue weighted by molar-refractivity contribution is 5.94. The van der Waals surface area contributed by atoms with Crippen LogP contribution >= 0.6 is 0 Å². The smallest absolute Gasteiger partial charge is 0.251 e. The third kappa shape index (κ3) is 4.26. The van der Waals surface area contributed by atoms with E-state index in [9.17, 15) is 4.79 Å². The third-order valence-corrected chi connectivity index (χ3v) is 3.98. The second-order valence-electron chi connectivity index (χ2n) is 6.12. The lowest BCUT2D eigenvalue weighted by Crippen LogP contribution is -2.24. The van der Waals surface area contributed by atoms with Crippen molar-refractivity contribution in [3.63, 3.8) is 0 Å². The molecule has 0 aliphatic carbocycles. The molecule has 0 radical (unpaired) electrons. The van der Waals surface area contributed by atoms with Crippen LogP contribution in [0.4, 0.5) is 5.82 Å². The number of benzene rings is 1. The maximum atomic E-state index is 12.4. The summed E-state index contributed by atoms with van der Waals surface area (Å²) >= 11 is 0. The van der Waals surface area contributed by atoms with E-state index in [1.165, 1.54) is 0 Å². The Morgan fingerprint density at radius 2 is 1.80 bits per heavy atom. The number of carbonyl (C=O) groups excluding carboxylic acids is 1. The van der Waals surface area contributed by atoms with Gasteiger partial charge in [0.15, 0.2) is 0 Å². The van der Waals surface area contributed by atoms with Crippen molar-refractivity contribution in [2.45, 2.75) is 13.1 Å². The number of carbonyl (C=O) groups is 1. The molecule has 0 saturated heterocycles. The topological polar surface area (TPSA) is 50.2 Å². The summed E-state index contributed by atoms with van der Waals surface area (Å²) in [5, 5.41) is 2.96. The van der Waals surface area contributed by atoms with Crippen LogP contribution in [0.3, 0.4) is 0 Å². The number of aromatic nitrogens is 2. The molecule has 5 heteroatoms. The van der Waals surface area contributed by atoms with E-state index in [-0.39, 0.29) is 5.91 Å². The van der Waals surface area contributed by atoms with Crippen molar-refractivity contribution >= 4 is 11.7 Å². The molecule has 0 fully saturated rings. The molecule has 0 aliphatic rings. The molecule has 0 spiro atoms. The van der Waals surface area contributed by atoms with E-state index in [0.717, 1.165) is 23.5 Å². The molecule has 0 unspecified atom stereocenters. The van der Waals surface area contributed by atoms with E-state index in [2.05, 4.69) is 14.9 Å². The van der Waals surface area contributed by atoms with Gasteiger partial charge in [-0.2, -0.15) is 0 Å². The van der Waals surface area contributed by atoms with Gasteiger partial charge in [0.25, 0.3) is 5.91 Å². The molecular weight excluding hydrogens is 312 g/mol. The molecule has 3 rings (SSSR count). The fourth-order valence-electron chi connectivity index (χ4n) is 2.70. The van der Waals surface area contributed by atoms with Crippen molar-refractivity contribution in [2.75, 3.05) is 19.0 Å². The SMILES string of the molecule is CN(C)c1ncccc1CNC(=O)c1ccc(Cn2cccc2)cc1. The number of amides is 1.